The van der Waals surface area contributed by atoms with Crippen LogP contribution in [-0.4, -0.2) is 23.1 Å². The molecular formula is C30H51N5O. The summed E-state index contributed by atoms with van der Waals surface area (Å²) in [7, 11) is 0. The van der Waals surface area contributed by atoms with Crippen LogP contribution < -0.4 is 21.1 Å². The van der Waals surface area contributed by atoms with Crippen LogP contribution in [0.15, 0.2) is 30.6 Å². The number of nitrogens with two attached hydrogens (primary N) is 1. The van der Waals surface area contributed by atoms with Crippen LogP contribution in [0.3, 0.4) is 0 Å². The normalized spacial score (nSPS) is 10.9. The van der Waals surface area contributed by atoms with Gasteiger partial charge in [0.15, 0.2) is 11.6 Å². The second-order valence-corrected chi connectivity index (χ2v) is 9.86. The van der Waals surface area contributed by atoms with Gasteiger partial charge in [0.2, 0.25) is 0 Å². The molecule has 0 fully saturated rings. The van der Waals surface area contributed by atoms with E-state index in [4.69, 9.17) is 10.5 Å². The largest absolute Gasteiger partial charge is 0.494 e. The van der Waals surface area contributed by atoms with Gasteiger partial charge in [-0.25, -0.2) is 9.97 Å². The van der Waals surface area contributed by atoms with E-state index in [0.717, 1.165) is 43.9 Å². The standard InChI is InChI=1S/C30H51N5O/c1-3-5-7-8-9-10-11-12-13-14-15-16-17-18-23-32-29-28(31)30(34-25-33-29)35-26-19-21-27(22-20-26)36-24-6-4-2/h19-22,25H,3-18,23-24,31H2,1-2H3,(H2,32,33,34,35). The molecule has 0 unspecified atom stereocenters. The Hall–Kier alpha value is -2.50. The second-order valence-electron chi connectivity index (χ2n) is 9.86. The molecule has 0 aliphatic carbocycles. The van der Waals surface area contributed by atoms with E-state index in [9.17, 15) is 0 Å². The Morgan fingerprint density at radius 2 is 1.19 bits per heavy atom. The van der Waals surface area contributed by atoms with Gasteiger partial charge >= 0.3 is 0 Å². The van der Waals surface area contributed by atoms with Crippen molar-refractivity contribution in [1.29, 1.82) is 0 Å². The lowest BCUT2D eigenvalue weighted by Crippen LogP contribution is -2.09. The fourth-order valence-corrected chi connectivity index (χ4v) is 4.27. The molecule has 4 N–H and O–H groups in total. The van der Waals surface area contributed by atoms with Gasteiger partial charge in [0, 0.05) is 12.2 Å². The van der Waals surface area contributed by atoms with E-state index in [0.29, 0.717) is 17.3 Å². The zero-order valence-electron chi connectivity index (χ0n) is 23.0. The molecule has 0 saturated carbocycles. The van der Waals surface area contributed by atoms with E-state index in [2.05, 4.69) is 34.4 Å². The molecule has 0 aliphatic heterocycles. The summed E-state index contributed by atoms with van der Waals surface area (Å²) in [5.41, 5.74) is 7.79. The van der Waals surface area contributed by atoms with Crippen LogP contribution in [0.2, 0.25) is 0 Å². The fourth-order valence-electron chi connectivity index (χ4n) is 4.27. The summed E-state index contributed by atoms with van der Waals surface area (Å²) in [6, 6.07) is 7.88. The molecule has 202 valence electrons. The van der Waals surface area contributed by atoms with Gasteiger partial charge in [-0.05, 0) is 37.1 Å². The molecule has 0 atom stereocenters. The van der Waals surface area contributed by atoms with Gasteiger partial charge in [-0.1, -0.05) is 104 Å². The number of aromatic nitrogens is 2. The summed E-state index contributed by atoms with van der Waals surface area (Å²) in [5.74, 6) is 2.19. The number of nitrogen functional groups attached to an aromatic ring is 1. The predicted molar refractivity (Wildman–Crippen MR) is 155 cm³/mol. The van der Waals surface area contributed by atoms with Gasteiger partial charge in [-0.3, -0.25) is 0 Å². The van der Waals surface area contributed by atoms with E-state index in [1.807, 2.05) is 24.3 Å². The monoisotopic (exact) mass is 497 g/mol. The molecule has 6 heteroatoms. The number of unbranched alkanes of at least 4 members (excludes halogenated alkanes) is 14. The zero-order chi connectivity index (χ0) is 25.7. The first kappa shape index (κ1) is 29.7. The lowest BCUT2D eigenvalue weighted by molar-refractivity contribution is 0.309. The maximum atomic E-state index is 6.33. The number of anilines is 4. The van der Waals surface area contributed by atoms with Gasteiger partial charge in [0.05, 0.1) is 6.61 Å². The topological polar surface area (TPSA) is 85.1 Å². The first-order valence-corrected chi connectivity index (χ1v) is 14.6. The summed E-state index contributed by atoms with van der Waals surface area (Å²) < 4.78 is 5.73. The first-order valence-electron chi connectivity index (χ1n) is 14.6. The van der Waals surface area contributed by atoms with Gasteiger partial charge < -0.3 is 21.1 Å². The van der Waals surface area contributed by atoms with Gasteiger partial charge in [-0.2, -0.15) is 0 Å². The van der Waals surface area contributed by atoms with Crippen molar-refractivity contribution in [3.8, 4) is 5.75 Å². The Balaban J connectivity index is 1.55. The number of hydrogen-bond donors (Lipinski definition) is 3. The molecule has 2 rings (SSSR count). The number of benzene rings is 1. The van der Waals surface area contributed by atoms with Crippen molar-refractivity contribution >= 4 is 23.0 Å². The van der Waals surface area contributed by atoms with Crippen molar-refractivity contribution in [3.63, 3.8) is 0 Å². The van der Waals surface area contributed by atoms with Crippen LogP contribution in [0.1, 0.15) is 117 Å². The van der Waals surface area contributed by atoms with Crippen LogP contribution >= 0.6 is 0 Å². The molecule has 1 aromatic heterocycles. The van der Waals surface area contributed by atoms with Crippen molar-refractivity contribution in [2.24, 2.45) is 0 Å². The average Bonchev–Trinajstić information content (AvgIpc) is 2.89. The summed E-state index contributed by atoms with van der Waals surface area (Å²) in [4.78, 5) is 8.65. The van der Waals surface area contributed by atoms with Crippen molar-refractivity contribution in [2.75, 3.05) is 29.5 Å². The summed E-state index contributed by atoms with van der Waals surface area (Å²) in [6.07, 6.45) is 22.9. The van der Waals surface area contributed by atoms with Crippen molar-refractivity contribution < 1.29 is 4.74 Å². The Labute approximate surface area is 220 Å². The highest BCUT2D eigenvalue weighted by Gasteiger charge is 2.08. The van der Waals surface area contributed by atoms with Crippen molar-refractivity contribution in [3.05, 3.63) is 30.6 Å². The molecule has 0 bridgehead atoms. The first-order chi connectivity index (χ1) is 17.7. The number of nitrogens with zero attached hydrogens (tertiary/aromatic N) is 2. The third-order valence-corrected chi connectivity index (χ3v) is 6.59. The third kappa shape index (κ3) is 13.0. The second kappa shape index (κ2) is 19.7. The highest BCUT2D eigenvalue weighted by Crippen LogP contribution is 2.27. The zero-order valence-corrected chi connectivity index (χ0v) is 23.0. The molecule has 6 nitrogen and oxygen atoms in total. The number of hydrogen-bond acceptors (Lipinski definition) is 6. The molecule has 0 aliphatic rings. The smallest absolute Gasteiger partial charge is 0.159 e. The van der Waals surface area contributed by atoms with Crippen molar-refractivity contribution in [1.82, 2.24) is 9.97 Å². The molecule has 0 amide bonds. The van der Waals surface area contributed by atoms with Gasteiger partial charge in [0.25, 0.3) is 0 Å². The third-order valence-electron chi connectivity index (χ3n) is 6.59. The number of nitrogens with one attached hydrogen (secondary N) is 2. The molecule has 0 radical (unpaired) electrons. The van der Waals surface area contributed by atoms with Gasteiger partial charge in [-0.15, -0.1) is 0 Å². The average molecular weight is 498 g/mol. The van der Waals surface area contributed by atoms with E-state index in [1.165, 1.54) is 83.5 Å². The SMILES string of the molecule is CCCCCCCCCCCCCCCCNc1ncnc(Nc2ccc(OCCCC)cc2)c1N. The lowest BCUT2D eigenvalue weighted by Gasteiger charge is -2.13. The van der Waals surface area contributed by atoms with Crippen molar-refractivity contribution in [2.45, 2.75) is 117 Å². The quantitative estimate of drug-likeness (QED) is 0.141. The molecular weight excluding hydrogens is 446 g/mol. The van der Waals surface area contributed by atoms with E-state index < -0.39 is 0 Å². The summed E-state index contributed by atoms with van der Waals surface area (Å²) in [5, 5.41) is 6.67. The minimum Gasteiger partial charge on any atom is -0.494 e. The Bertz CT molecular complexity index is 796. The summed E-state index contributed by atoms with van der Waals surface area (Å²) >= 11 is 0. The van der Waals surface area contributed by atoms with Gasteiger partial charge in [0.1, 0.15) is 17.8 Å². The Morgan fingerprint density at radius 3 is 1.78 bits per heavy atom. The number of rotatable bonds is 22. The van der Waals surface area contributed by atoms with Crippen LogP contribution in [0.25, 0.3) is 0 Å². The van der Waals surface area contributed by atoms with E-state index in [-0.39, 0.29) is 0 Å². The molecule has 1 aromatic carbocycles. The molecule has 0 saturated heterocycles. The van der Waals surface area contributed by atoms with Crippen LogP contribution in [-0.2, 0) is 0 Å². The highest BCUT2D eigenvalue weighted by atomic mass is 16.5. The van der Waals surface area contributed by atoms with E-state index >= 15 is 0 Å². The predicted octanol–water partition coefficient (Wildman–Crippen LogP) is 8.87. The lowest BCUT2D eigenvalue weighted by atomic mass is 10.0. The highest BCUT2D eigenvalue weighted by molar-refractivity contribution is 5.77. The number of ether oxygens (including phenoxy) is 1. The Morgan fingerprint density at radius 1 is 0.667 bits per heavy atom. The van der Waals surface area contributed by atoms with Crippen LogP contribution in [0, 0.1) is 0 Å². The summed E-state index contributed by atoms with van der Waals surface area (Å²) in [6.45, 7) is 6.07. The van der Waals surface area contributed by atoms with Crippen LogP contribution in [0.5, 0.6) is 5.75 Å². The molecule has 2 aromatic rings. The minimum atomic E-state index is 0.547. The minimum absolute atomic E-state index is 0.547. The molecule has 36 heavy (non-hydrogen) atoms. The Kier molecular flexibility index (Phi) is 16.2. The maximum absolute atomic E-state index is 6.33. The van der Waals surface area contributed by atoms with Crippen LogP contribution in [0.4, 0.5) is 23.0 Å². The maximum Gasteiger partial charge on any atom is 0.159 e. The fraction of sp³-hybridized carbons (Fsp3) is 0.667. The molecule has 0 spiro atoms. The van der Waals surface area contributed by atoms with E-state index in [1.54, 1.807) is 6.33 Å². The molecule has 1 heterocycles.